The highest BCUT2D eigenvalue weighted by atomic mass is 35.5. The van der Waals surface area contributed by atoms with E-state index >= 15 is 0 Å². The predicted octanol–water partition coefficient (Wildman–Crippen LogP) is 5.20. The standard InChI is InChI=1S/C20H20ClN3O2S2/c1-13(18(25)14-6-8-15(21)9-7-14)28-20-23-22-19(17-5-3-11-27-17)24(20)12-16-4-2-10-26-16/h3,5-9,11,13,16H,2,4,10,12H2,1H3. The van der Waals surface area contributed by atoms with Gasteiger partial charge in [0.1, 0.15) is 0 Å². The number of halogens is 1. The summed E-state index contributed by atoms with van der Waals surface area (Å²) in [6, 6.07) is 11.0. The van der Waals surface area contributed by atoms with Crippen molar-refractivity contribution in [1.82, 2.24) is 14.8 Å². The first-order chi connectivity index (χ1) is 13.6. The molecule has 1 aliphatic rings. The Bertz CT molecular complexity index is 935. The monoisotopic (exact) mass is 433 g/mol. The minimum atomic E-state index is -0.287. The number of ether oxygens (including phenoxy) is 1. The number of carbonyl (C=O) groups is 1. The lowest BCUT2D eigenvalue weighted by Gasteiger charge is -2.16. The number of thioether (sulfide) groups is 1. The molecule has 2 atom stereocenters. The van der Waals surface area contributed by atoms with Crippen molar-refractivity contribution < 1.29 is 9.53 Å². The first kappa shape index (κ1) is 19.6. The number of benzene rings is 1. The van der Waals surface area contributed by atoms with Crippen LogP contribution in [0, 0.1) is 0 Å². The highest BCUT2D eigenvalue weighted by Crippen LogP contribution is 2.31. The van der Waals surface area contributed by atoms with Crippen LogP contribution in [0.25, 0.3) is 10.7 Å². The number of hydrogen-bond donors (Lipinski definition) is 0. The van der Waals surface area contributed by atoms with E-state index in [9.17, 15) is 4.79 Å². The van der Waals surface area contributed by atoms with E-state index in [0.29, 0.717) is 17.1 Å². The topological polar surface area (TPSA) is 57.0 Å². The number of aromatic nitrogens is 3. The van der Waals surface area contributed by atoms with Gasteiger partial charge in [-0.1, -0.05) is 29.4 Å². The molecule has 2 unspecified atom stereocenters. The Hall–Kier alpha value is -1.67. The van der Waals surface area contributed by atoms with Crippen LogP contribution < -0.4 is 0 Å². The SMILES string of the molecule is CC(Sc1nnc(-c2cccs2)n1CC1CCCO1)C(=O)c1ccc(Cl)cc1. The smallest absolute Gasteiger partial charge is 0.192 e. The van der Waals surface area contributed by atoms with E-state index in [2.05, 4.69) is 14.8 Å². The van der Waals surface area contributed by atoms with E-state index in [1.54, 1.807) is 35.6 Å². The van der Waals surface area contributed by atoms with Gasteiger partial charge in [-0.25, -0.2) is 0 Å². The van der Waals surface area contributed by atoms with E-state index in [1.165, 1.54) is 11.8 Å². The molecule has 146 valence electrons. The van der Waals surface area contributed by atoms with Crippen molar-refractivity contribution in [2.24, 2.45) is 0 Å². The molecule has 0 saturated carbocycles. The molecule has 0 radical (unpaired) electrons. The molecule has 1 fully saturated rings. The van der Waals surface area contributed by atoms with E-state index in [-0.39, 0.29) is 17.1 Å². The molecule has 3 heterocycles. The van der Waals surface area contributed by atoms with Gasteiger partial charge in [0.25, 0.3) is 0 Å². The van der Waals surface area contributed by atoms with Gasteiger partial charge in [-0.05, 0) is 55.5 Å². The summed E-state index contributed by atoms with van der Waals surface area (Å²) < 4.78 is 7.92. The number of rotatable bonds is 7. The Kier molecular flexibility index (Phi) is 6.16. The molecule has 0 aliphatic carbocycles. The molecule has 28 heavy (non-hydrogen) atoms. The third-order valence-electron chi connectivity index (χ3n) is 4.65. The molecule has 1 aliphatic heterocycles. The molecule has 2 aromatic heterocycles. The Morgan fingerprint density at radius 2 is 2.18 bits per heavy atom. The van der Waals surface area contributed by atoms with E-state index in [0.717, 1.165) is 35.3 Å². The average molecular weight is 434 g/mol. The van der Waals surface area contributed by atoms with Gasteiger partial charge >= 0.3 is 0 Å². The first-order valence-corrected chi connectivity index (χ1v) is 11.3. The fourth-order valence-electron chi connectivity index (χ4n) is 3.18. The van der Waals surface area contributed by atoms with Crippen molar-refractivity contribution in [2.75, 3.05) is 6.61 Å². The lowest BCUT2D eigenvalue weighted by Crippen LogP contribution is -2.18. The quantitative estimate of drug-likeness (QED) is 0.378. The predicted molar refractivity (Wildman–Crippen MR) is 113 cm³/mol. The Morgan fingerprint density at radius 1 is 1.36 bits per heavy atom. The van der Waals surface area contributed by atoms with Gasteiger partial charge in [0.15, 0.2) is 16.8 Å². The average Bonchev–Trinajstić information content (AvgIpc) is 3.45. The number of carbonyl (C=O) groups excluding carboxylic acids is 1. The highest BCUT2D eigenvalue weighted by Gasteiger charge is 2.25. The van der Waals surface area contributed by atoms with Crippen LogP contribution in [0.2, 0.25) is 5.02 Å². The number of Topliss-reactive ketones (excluding diaryl/α,β-unsaturated/α-hetero) is 1. The minimum absolute atomic E-state index is 0.0472. The lowest BCUT2D eigenvalue weighted by molar-refractivity contribution is 0.0953. The van der Waals surface area contributed by atoms with Gasteiger partial charge in [-0.3, -0.25) is 9.36 Å². The van der Waals surface area contributed by atoms with Crippen molar-refractivity contribution >= 4 is 40.5 Å². The van der Waals surface area contributed by atoms with Crippen molar-refractivity contribution in [2.45, 2.75) is 42.8 Å². The fourth-order valence-corrected chi connectivity index (χ4v) is 4.96. The summed E-state index contributed by atoms with van der Waals surface area (Å²) in [6.07, 6.45) is 2.27. The van der Waals surface area contributed by atoms with E-state index in [4.69, 9.17) is 16.3 Å². The second-order valence-electron chi connectivity index (χ2n) is 6.66. The maximum Gasteiger partial charge on any atom is 0.192 e. The zero-order valence-electron chi connectivity index (χ0n) is 15.4. The summed E-state index contributed by atoms with van der Waals surface area (Å²) >= 11 is 9.00. The van der Waals surface area contributed by atoms with E-state index < -0.39 is 0 Å². The Labute approximate surface area is 177 Å². The first-order valence-electron chi connectivity index (χ1n) is 9.17. The minimum Gasteiger partial charge on any atom is -0.376 e. The number of ketones is 1. The van der Waals surface area contributed by atoms with E-state index in [1.807, 2.05) is 24.4 Å². The molecule has 0 amide bonds. The van der Waals surface area contributed by atoms with Crippen LogP contribution in [0.1, 0.15) is 30.1 Å². The second-order valence-corrected chi connectivity index (χ2v) is 9.35. The normalized spacial score (nSPS) is 17.7. The zero-order chi connectivity index (χ0) is 19.5. The van der Waals surface area contributed by atoms with Crippen molar-refractivity contribution in [3.63, 3.8) is 0 Å². The highest BCUT2D eigenvalue weighted by molar-refractivity contribution is 8.00. The van der Waals surface area contributed by atoms with Crippen LogP contribution in [0.4, 0.5) is 0 Å². The van der Waals surface area contributed by atoms with Gasteiger partial charge in [-0.15, -0.1) is 21.5 Å². The van der Waals surface area contributed by atoms with Crippen LogP contribution in [-0.2, 0) is 11.3 Å². The summed E-state index contributed by atoms with van der Waals surface area (Å²) in [4.78, 5) is 13.9. The van der Waals surface area contributed by atoms with Gasteiger partial charge in [0.2, 0.25) is 0 Å². The maximum atomic E-state index is 12.8. The summed E-state index contributed by atoms with van der Waals surface area (Å²) in [5.74, 6) is 0.880. The molecule has 5 nitrogen and oxygen atoms in total. The lowest BCUT2D eigenvalue weighted by atomic mass is 10.1. The van der Waals surface area contributed by atoms with Crippen LogP contribution in [0.3, 0.4) is 0 Å². The number of nitrogens with zero attached hydrogens (tertiary/aromatic N) is 3. The molecule has 4 rings (SSSR count). The second kappa shape index (κ2) is 8.78. The van der Waals surface area contributed by atoms with Crippen LogP contribution in [0.15, 0.2) is 46.9 Å². The van der Waals surface area contributed by atoms with Gasteiger partial charge in [-0.2, -0.15) is 0 Å². The van der Waals surface area contributed by atoms with Crippen molar-refractivity contribution in [3.8, 4) is 10.7 Å². The van der Waals surface area contributed by atoms with Crippen LogP contribution in [-0.4, -0.2) is 38.5 Å². The Balaban J connectivity index is 1.57. The van der Waals surface area contributed by atoms with Crippen molar-refractivity contribution in [1.29, 1.82) is 0 Å². The molecule has 0 spiro atoms. The molecule has 0 N–H and O–H groups in total. The van der Waals surface area contributed by atoms with Gasteiger partial charge in [0.05, 0.1) is 22.8 Å². The third-order valence-corrected chi connectivity index (χ3v) is 6.85. The summed E-state index contributed by atoms with van der Waals surface area (Å²) in [5, 5.41) is 11.9. The van der Waals surface area contributed by atoms with Crippen molar-refractivity contribution in [3.05, 3.63) is 52.4 Å². The molecule has 1 aromatic carbocycles. The zero-order valence-corrected chi connectivity index (χ0v) is 17.8. The number of hydrogen-bond acceptors (Lipinski definition) is 6. The molecule has 8 heteroatoms. The molecular weight excluding hydrogens is 414 g/mol. The van der Waals surface area contributed by atoms with Crippen LogP contribution in [0.5, 0.6) is 0 Å². The van der Waals surface area contributed by atoms with Crippen LogP contribution >= 0.6 is 34.7 Å². The summed E-state index contributed by atoms with van der Waals surface area (Å²) in [7, 11) is 0. The molecule has 1 saturated heterocycles. The third kappa shape index (κ3) is 4.33. The summed E-state index contributed by atoms with van der Waals surface area (Å²) in [6.45, 7) is 3.40. The maximum absolute atomic E-state index is 12.8. The Morgan fingerprint density at radius 3 is 2.86 bits per heavy atom. The van der Waals surface area contributed by atoms with Gasteiger partial charge in [0, 0.05) is 17.2 Å². The van der Waals surface area contributed by atoms with Gasteiger partial charge < -0.3 is 4.74 Å². The fraction of sp³-hybridized carbons (Fsp3) is 0.350. The number of thiophene rings is 1. The molecule has 3 aromatic rings. The molecule has 0 bridgehead atoms. The summed E-state index contributed by atoms with van der Waals surface area (Å²) in [5.41, 5.74) is 0.646. The largest absolute Gasteiger partial charge is 0.376 e. The molecular formula is C20H20ClN3O2S2.